The highest BCUT2D eigenvalue weighted by Crippen LogP contribution is 2.19. The first-order valence-electron chi connectivity index (χ1n) is 5.70. The third kappa shape index (κ3) is 1.68. The van der Waals surface area contributed by atoms with Crippen molar-refractivity contribution in [3.05, 3.63) is 17.8 Å². The Morgan fingerprint density at radius 1 is 1.06 bits per heavy atom. The second-order valence-electron chi connectivity index (χ2n) is 4.78. The molecule has 2 rings (SSSR count). The molecule has 0 fully saturated rings. The average Bonchev–Trinajstić information content (AvgIpc) is 2.55. The van der Waals surface area contributed by atoms with E-state index in [-0.39, 0.29) is 0 Å². The standard InChI is InChI=1S/C12H18N4/c1-7(2)10-13-6-9-11(14-10)15-12(8(3)4)16(9)5/h6-8H,1-5H3. The summed E-state index contributed by atoms with van der Waals surface area (Å²) in [4.78, 5) is 13.4. The molecule has 0 saturated heterocycles. The van der Waals surface area contributed by atoms with Crippen LogP contribution in [0.3, 0.4) is 0 Å². The van der Waals surface area contributed by atoms with Crippen molar-refractivity contribution in [2.45, 2.75) is 39.5 Å². The van der Waals surface area contributed by atoms with Gasteiger partial charge in [0.2, 0.25) is 0 Å². The van der Waals surface area contributed by atoms with Gasteiger partial charge in [-0.05, 0) is 0 Å². The van der Waals surface area contributed by atoms with Gasteiger partial charge in [-0.25, -0.2) is 15.0 Å². The Morgan fingerprint density at radius 3 is 2.31 bits per heavy atom. The lowest BCUT2D eigenvalue weighted by atomic mass is 10.2. The highest BCUT2D eigenvalue weighted by atomic mass is 15.1. The van der Waals surface area contributed by atoms with E-state index in [0.29, 0.717) is 11.8 Å². The second kappa shape index (κ2) is 3.85. The van der Waals surface area contributed by atoms with Crippen molar-refractivity contribution >= 4 is 11.2 Å². The maximum absolute atomic E-state index is 4.57. The van der Waals surface area contributed by atoms with Gasteiger partial charge in [-0.2, -0.15) is 0 Å². The van der Waals surface area contributed by atoms with Gasteiger partial charge >= 0.3 is 0 Å². The topological polar surface area (TPSA) is 43.6 Å². The van der Waals surface area contributed by atoms with Crippen LogP contribution in [0.2, 0.25) is 0 Å². The summed E-state index contributed by atoms with van der Waals surface area (Å²) in [5.41, 5.74) is 1.82. The number of imidazole rings is 1. The van der Waals surface area contributed by atoms with Gasteiger partial charge in [0.05, 0.1) is 6.20 Å². The number of aromatic nitrogens is 4. The summed E-state index contributed by atoms with van der Waals surface area (Å²) in [6.07, 6.45) is 1.87. The molecule has 0 aliphatic carbocycles. The Morgan fingerprint density at radius 2 is 1.75 bits per heavy atom. The zero-order chi connectivity index (χ0) is 11.9. The monoisotopic (exact) mass is 218 g/mol. The zero-order valence-corrected chi connectivity index (χ0v) is 10.5. The third-order valence-electron chi connectivity index (χ3n) is 2.73. The van der Waals surface area contributed by atoms with E-state index in [0.717, 1.165) is 22.8 Å². The van der Waals surface area contributed by atoms with Crippen LogP contribution in [0.5, 0.6) is 0 Å². The molecular formula is C12H18N4. The normalized spacial score (nSPS) is 11.9. The predicted molar refractivity (Wildman–Crippen MR) is 64.5 cm³/mol. The lowest BCUT2D eigenvalue weighted by Crippen LogP contribution is -2.00. The first-order valence-corrected chi connectivity index (χ1v) is 5.70. The number of nitrogens with zero attached hydrogens (tertiary/aromatic N) is 4. The van der Waals surface area contributed by atoms with Gasteiger partial charge in [-0.3, -0.25) is 0 Å². The summed E-state index contributed by atoms with van der Waals surface area (Å²) in [6, 6.07) is 0. The SMILES string of the molecule is CC(C)c1ncc2c(n1)nc(C(C)C)n2C. The molecule has 2 aromatic rings. The second-order valence-corrected chi connectivity index (χ2v) is 4.78. The highest BCUT2D eigenvalue weighted by Gasteiger charge is 2.13. The van der Waals surface area contributed by atoms with Gasteiger partial charge in [0, 0.05) is 18.9 Å². The summed E-state index contributed by atoms with van der Waals surface area (Å²) in [5, 5.41) is 0. The quantitative estimate of drug-likeness (QED) is 0.778. The minimum atomic E-state index is 0.342. The Bertz CT molecular complexity index is 511. The molecule has 0 unspecified atom stereocenters. The van der Waals surface area contributed by atoms with E-state index in [2.05, 4.69) is 47.2 Å². The van der Waals surface area contributed by atoms with Crippen LogP contribution in [-0.4, -0.2) is 19.5 Å². The van der Waals surface area contributed by atoms with E-state index in [1.807, 2.05) is 13.2 Å². The number of hydrogen-bond acceptors (Lipinski definition) is 3. The van der Waals surface area contributed by atoms with E-state index < -0.39 is 0 Å². The van der Waals surface area contributed by atoms with Crippen molar-refractivity contribution in [2.24, 2.45) is 7.05 Å². The van der Waals surface area contributed by atoms with Crippen molar-refractivity contribution in [1.82, 2.24) is 19.5 Å². The fourth-order valence-electron chi connectivity index (χ4n) is 1.80. The minimum Gasteiger partial charge on any atom is -0.328 e. The van der Waals surface area contributed by atoms with Gasteiger partial charge in [0.15, 0.2) is 5.65 Å². The van der Waals surface area contributed by atoms with Crippen molar-refractivity contribution in [3.63, 3.8) is 0 Å². The largest absolute Gasteiger partial charge is 0.328 e. The molecule has 0 bridgehead atoms. The molecule has 16 heavy (non-hydrogen) atoms. The van der Waals surface area contributed by atoms with Gasteiger partial charge < -0.3 is 4.57 Å². The molecule has 4 heteroatoms. The van der Waals surface area contributed by atoms with Crippen LogP contribution in [0.1, 0.15) is 51.2 Å². The summed E-state index contributed by atoms with van der Waals surface area (Å²) in [5.74, 6) is 2.67. The molecule has 0 N–H and O–H groups in total. The van der Waals surface area contributed by atoms with Crippen LogP contribution in [0.15, 0.2) is 6.20 Å². The van der Waals surface area contributed by atoms with E-state index in [1.54, 1.807) is 0 Å². The van der Waals surface area contributed by atoms with Gasteiger partial charge in [-0.1, -0.05) is 27.7 Å². The van der Waals surface area contributed by atoms with Crippen molar-refractivity contribution in [2.75, 3.05) is 0 Å². The van der Waals surface area contributed by atoms with Gasteiger partial charge in [0.1, 0.15) is 17.2 Å². The van der Waals surface area contributed by atoms with Crippen LogP contribution >= 0.6 is 0 Å². The summed E-state index contributed by atoms with van der Waals surface area (Å²) < 4.78 is 2.07. The molecular weight excluding hydrogens is 200 g/mol. The van der Waals surface area contributed by atoms with E-state index in [4.69, 9.17) is 0 Å². The van der Waals surface area contributed by atoms with Crippen LogP contribution in [0.4, 0.5) is 0 Å². The molecule has 0 saturated carbocycles. The molecule has 86 valence electrons. The van der Waals surface area contributed by atoms with Gasteiger partial charge in [0.25, 0.3) is 0 Å². The summed E-state index contributed by atoms with van der Waals surface area (Å²) in [6.45, 7) is 8.46. The molecule has 0 aliphatic rings. The summed E-state index contributed by atoms with van der Waals surface area (Å²) >= 11 is 0. The van der Waals surface area contributed by atoms with E-state index in [9.17, 15) is 0 Å². The fraction of sp³-hybridized carbons (Fsp3) is 0.583. The van der Waals surface area contributed by atoms with Crippen LogP contribution in [0.25, 0.3) is 11.2 Å². The Kier molecular flexibility index (Phi) is 2.66. The van der Waals surface area contributed by atoms with Crippen LogP contribution in [-0.2, 0) is 7.05 Å². The van der Waals surface area contributed by atoms with Crippen molar-refractivity contribution in [3.8, 4) is 0 Å². The molecule has 0 spiro atoms. The van der Waals surface area contributed by atoms with Crippen molar-refractivity contribution < 1.29 is 0 Å². The number of aryl methyl sites for hydroxylation is 1. The summed E-state index contributed by atoms with van der Waals surface area (Å²) in [7, 11) is 2.02. The van der Waals surface area contributed by atoms with E-state index in [1.165, 1.54) is 0 Å². The molecule has 2 aromatic heterocycles. The molecule has 0 aliphatic heterocycles. The van der Waals surface area contributed by atoms with Gasteiger partial charge in [-0.15, -0.1) is 0 Å². The molecule has 0 radical (unpaired) electrons. The van der Waals surface area contributed by atoms with Crippen LogP contribution in [0, 0.1) is 0 Å². The third-order valence-corrected chi connectivity index (χ3v) is 2.73. The molecule has 2 heterocycles. The maximum Gasteiger partial charge on any atom is 0.181 e. The molecule has 4 nitrogen and oxygen atoms in total. The zero-order valence-electron chi connectivity index (χ0n) is 10.5. The molecule has 0 amide bonds. The first-order chi connectivity index (χ1) is 7.50. The highest BCUT2D eigenvalue weighted by molar-refractivity contribution is 5.70. The fourth-order valence-corrected chi connectivity index (χ4v) is 1.80. The number of fused-ring (bicyclic) bond motifs is 1. The average molecular weight is 218 g/mol. The lowest BCUT2D eigenvalue weighted by molar-refractivity contribution is 0.722. The Hall–Kier alpha value is -1.45. The Balaban J connectivity index is 2.63. The number of hydrogen-bond donors (Lipinski definition) is 0. The lowest BCUT2D eigenvalue weighted by Gasteiger charge is -2.04. The smallest absolute Gasteiger partial charge is 0.181 e. The predicted octanol–water partition coefficient (Wildman–Crippen LogP) is 2.61. The Labute approximate surface area is 95.7 Å². The van der Waals surface area contributed by atoms with E-state index >= 15 is 0 Å². The van der Waals surface area contributed by atoms with Crippen LogP contribution < -0.4 is 0 Å². The molecule has 0 aromatic carbocycles. The minimum absolute atomic E-state index is 0.342. The molecule has 0 atom stereocenters. The van der Waals surface area contributed by atoms with Crippen molar-refractivity contribution in [1.29, 1.82) is 0 Å². The maximum atomic E-state index is 4.57. The number of rotatable bonds is 2. The first kappa shape index (κ1) is 11.0.